The van der Waals surface area contributed by atoms with E-state index in [0.717, 1.165) is 24.4 Å². The molecule has 0 aliphatic carbocycles. The molecule has 1 aliphatic heterocycles. The number of carbonyl (C=O) groups is 3. The van der Waals surface area contributed by atoms with Gasteiger partial charge in [0.2, 0.25) is 5.91 Å². The number of esters is 1. The van der Waals surface area contributed by atoms with Gasteiger partial charge in [0.05, 0.1) is 23.6 Å². The SMILES string of the molecule is CCOC(=O)c1c(NC(=O)CN2CCn3cccc3[C@@H]2C)sc(C(=O)NC)c1C. The average molecular weight is 419 g/mol. The molecule has 0 saturated heterocycles. The lowest BCUT2D eigenvalue weighted by atomic mass is 10.1. The number of hydrogen-bond donors (Lipinski definition) is 2. The molecule has 2 N–H and O–H groups in total. The van der Waals surface area contributed by atoms with Crippen LogP contribution in [-0.2, 0) is 16.1 Å². The van der Waals surface area contributed by atoms with Crippen LogP contribution in [0.15, 0.2) is 18.3 Å². The predicted molar refractivity (Wildman–Crippen MR) is 111 cm³/mol. The molecule has 2 amide bonds. The molecule has 156 valence electrons. The topological polar surface area (TPSA) is 92.7 Å². The molecule has 0 radical (unpaired) electrons. The van der Waals surface area contributed by atoms with Gasteiger partial charge in [-0.2, -0.15) is 0 Å². The second-order valence-corrected chi connectivity index (χ2v) is 7.90. The Morgan fingerprint density at radius 1 is 1.31 bits per heavy atom. The molecule has 0 aromatic carbocycles. The second-order valence-electron chi connectivity index (χ2n) is 6.88. The summed E-state index contributed by atoms with van der Waals surface area (Å²) in [6.07, 6.45) is 2.05. The highest BCUT2D eigenvalue weighted by Gasteiger charge is 2.28. The first-order valence-electron chi connectivity index (χ1n) is 9.58. The van der Waals surface area contributed by atoms with Crippen LogP contribution < -0.4 is 10.6 Å². The number of nitrogens with one attached hydrogen (secondary N) is 2. The maximum atomic E-state index is 12.8. The molecule has 1 atom stereocenters. The Bertz CT molecular complexity index is 933. The fourth-order valence-corrected chi connectivity index (χ4v) is 4.73. The van der Waals surface area contributed by atoms with Crippen LogP contribution in [0.3, 0.4) is 0 Å². The van der Waals surface area contributed by atoms with Crippen molar-refractivity contribution in [2.45, 2.75) is 33.4 Å². The van der Waals surface area contributed by atoms with Crippen molar-refractivity contribution >= 4 is 34.1 Å². The highest BCUT2D eigenvalue weighted by Crippen LogP contribution is 2.34. The van der Waals surface area contributed by atoms with Gasteiger partial charge in [-0.25, -0.2) is 4.79 Å². The van der Waals surface area contributed by atoms with Gasteiger partial charge in [0.25, 0.3) is 5.91 Å². The number of ether oxygens (including phenoxy) is 1. The van der Waals surface area contributed by atoms with Gasteiger partial charge in [0, 0.05) is 38.1 Å². The molecule has 9 heteroatoms. The Balaban J connectivity index is 1.79. The molecule has 29 heavy (non-hydrogen) atoms. The third kappa shape index (κ3) is 4.20. The summed E-state index contributed by atoms with van der Waals surface area (Å²) >= 11 is 1.09. The lowest BCUT2D eigenvalue weighted by molar-refractivity contribution is -0.118. The highest BCUT2D eigenvalue weighted by molar-refractivity contribution is 7.18. The van der Waals surface area contributed by atoms with Crippen molar-refractivity contribution in [1.29, 1.82) is 0 Å². The van der Waals surface area contributed by atoms with Crippen LogP contribution in [-0.4, -0.2) is 54.0 Å². The number of carbonyl (C=O) groups excluding carboxylic acids is 3. The molecule has 0 fully saturated rings. The maximum Gasteiger partial charge on any atom is 0.341 e. The van der Waals surface area contributed by atoms with E-state index in [1.807, 2.05) is 12.3 Å². The van der Waals surface area contributed by atoms with Crippen molar-refractivity contribution in [2.24, 2.45) is 0 Å². The molecule has 8 nitrogen and oxygen atoms in total. The van der Waals surface area contributed by atoms with Gasteiger partial charge in [0.1, 0.15) is 5.00 Å². The zero-order valence-electron chi connectivity index (χ0n) is 17.1. The van der Waals surface area contributed by atoms with E-state index in [0.29, 0.717) is 15.4 Å². The number of hydrogen-bond acceptors (Lipinski definition) is 6. The number of nitrogens with zero attached hydrogens (tertiary/aromatic N) is 2. The zero-order valence-corrected chi connectivity index (χ0v) is 17.9. The quantitative estimate of drug-likeness (QED) is 0.703. The first kappa shape index (κ1) is 21.1. The molecule has 2 aromatic rings. The lowest BCUT2D eigenvalue weighted by Gasteiger charge is -2.34. The van der Waals surface area contributed by atoms with E-state index in [4.69, 9.17) is 4.74 Å². The molecule has 2 aromatic heterocycles. The van der Waals surface area contributed by atoms with Crippen LogP contribution in [0.4, 0.5) is 5.00 Å². The minimum absolute atomic E-state index is 0.112. The summed E-state index contributed by atoms with van der Waals surface area (Å²) in [7, 11) is 1.53. The van der Waals surface area contributed by atoms with Gasteiger partial charge in [0.15, 0.2) is 0 Å². The Labute approximate surface area is 173 Å². The minimum atomic E-state index is -0.545. The second kappa shape index (κ2) is 8.79. The summed E-state index contributed by atoms with van der Waals surface area (Å²) in [5.41, 5.74) is 1.92. The summed E-state index contributed by atoms with van der Waals surface area (Å²) in [5, 5.41) is 5.73. The Kier molecular flexibility index (Phi) is 6.39. The summed E-state index contributed by atoms with van der Waals surface area (Å²) in [4.78, 5) is 39.8. The smallest absolute Gasteiger partial charge is 0.341 e. The number of fused-ring (bicyclic) bond motifs is 1. The fourth-order valence-electron chi connectivity index (χ4n) is 3.57. The van der Waals surface area contributed by atoms with Crippen LogP contribution in [0, 0.1) is 6.92 Å². The van der Waals surface area contributed by atoms with E-state index in [1.165, 1.54) is 12.7 Å². The Hall–Kier alpha value is -2.65. The normalized spacial score (nSPS) is 16.2. The van der Waals surface area contributed by atoms with E-state index >= 15 is 0 Å². The number of aromatic nitrogens is 1. The van der Waals surface area contributed by atoms with Gasteiger partial charge in [-0.05, 0) is 38.5 Å². The van der Waals surface area contributed by atoms with Gasteiger partial charge >= 0.3 is 5.97 Å². The van der Waals surface area contributed by atoms with Crippen molar-refractivity contribution in [3.05, 3.63) is 40.0 Å². The van der Waals surface area contributed by atoms with Crippen molar-refractivity contribution in [3.8, 4) is 0 Å². The maximum absolute atomic E-state index is 12.8. The minimum Gasteiger partial charge on any atom is -0.462 e. The molecular formula is C20H26N4O4S. The largest absolute Gasteiger partial charge is 0.462 e. The molecule has 3 rings (SSSR count). The number of rotatable bonds is 6. The summed E-state index contributed by atoms with van der Waals surface area (Å²) < 4.78 is 7.32. The van der Waals surface area contributed by atoms with Crippen LogP contribution in [0.2, 0.25) is 0 Å². The van der Waals surface area contributed by atoms with E-state index in [2.05, 4.69) is 33.1 Å². The van der Waals surface area contributed by atoms with Crippen LogP contribution in [0.5, 0.6) is 0 Å². The van der Waals surface area contributed by atoms with Gasteiger partial charge < -0.3 is 19.9 Å². The number of amides is 2. The molecule has 1 aliphatic rings. The average Bonchev–Trinajstić information content (AvgIpc) is 3.28. The highest BCUT2D eigenvalue weighted by atomic mass is 32.1. The summed E-state index contributed by atoms with van der Waals surface area (Å²) in [6.45, 7) is 7.46. The molecule has 0 spiro atoms. The third-order valence-corrected chi connectivity index (χ3v) is 6.33. The monoisotopic (exact) mass is 418 g/mol. The van der Waals surface area contributed by atoms with E-state index in [-0.39, 0.29) is 36.6 Å². The van der Waals surface area contributed by atoms with Crippen molar-refractivity contribution in [1.82, 2.24) is 14.8 Å². The molecule has 0 bridgehead atoms. The number of anilines is 1. The molecule has 0 unspecified atom stereocenters. The molecule has 3 heterocycles. The van der Waals surface area contributed by atoms with Gasteiger partial charge in [-0.3, -0.25) is 14.5 Å². The first-order chi connectivity index (χ1) is 13.9. The van der Waals surface area contributed by atoms with E-state index in [1.54, 1.807) is 13.8 Å². The van der Waals surface area contributed by atoms with Gasteiger partial charge in [-0.15, -0.1) is 11.3 Å². The fraction of sp³-hybridized carbons (Fsp3) is 0.450. The molecule has 0 saturated carbocycles. The lowest BCUT2D eigenvalue weighted by Crippen LogP contribution is -2.41. The van der Waals surface area contributed by atoms with Crippen LogP contribution >= 0.6 is 11.3 Å². The number of thiophene rings is 1. The van der Waals surface area contributed by atoms with Crippen molar-refractivity contribution in [2.75, 3.05) is 32.1 Å². The van der Waals surface area contributed by atoms with Crippen molar-refractivity contribution in [3.63, 3.8) is 0 Å². The zero-order chi connectivity index (χ0) is 21.1. The van der Waals surface area contributed by atoms with Crippen LogP contribution in [0.1, 0.15) is 51.2 Å². The van der Waals surface area contributed by atoms with Crippen molar-refractivity contribution < 1.29 is 19.1 Å². The first-order valence-corrected chi connectivity index (χ1v) is 10.4. The Morgan fingerprint density at radius 2 is 2.07 bits per heavy atom. The third-order valence-electron chi connectivity index (χ3n) is 5.13. The summed E-state index contributed by atoms with van der Waals surface area (Å²) in [5.74, 6) is -1.08. The van der Waals surface area contributed by atoms with Gasteiger partial charge in [-0.1, -0.05) is 0 Å². The van der Waals surface area contributed by atoms with E-state index in [9.17, 15) is 14.4 Å². The Morgan fingerprint density at radius 3 is 2.76 bits per heavy atom. The van der Waals surface area contributed by atoms with E-state index < -0.39 is 5.97 Å². The predicted octanol–water partition coefficient (Wildman–Crippen LogP) is 2.41. The van der Waals surface area contributed by atoms with Crippen LogP contribution in [0.25, 0.3) is 0 Å². The summed E-state index contributed by atoms with van der Waals surface area (Å²) in [6, 6.07) is 4.18. The molecular weight excluding hydrogens is 392 g/mol. The standard InChI is InChI=1S/C20H26N4O4S/c1-5-28-20(27)16-12(2)17(18(26)21-4)29-19(16)22-15(25)11-24-10-9-23-8-6-7-14(23)13(24)3/h6-8,13H,5,9-11H2,1-4H3,(H,21,26)(H,22,25)/t13-/m0/s1.